The molecule has 0 atom stereocenters. The molecule has 1 fully saturated rings. The molecule has 3 aromatic rings. The second-order valence-electron chi connectivity index (χ2n) is 6.81. The highest BCUT2D eigenvalue weighted by Crippen LogP contribution is 2.24. The van der Waals surface area contributed by atoms with Gasteiger partial charge in [0.1, 0.15) is 0 Å². The molecule has 1 aromatic heterocycles. The first-order valence-electron chi connectivity index (χ1n) is 9.25. The van der Waals surface area contributed by atoms with E-state index in [0.29, 0.717) is 31.1 Å². The summed E-state index contributed by atoms with van der Waals surface area (Å²) in [5, 5.41) is 8.27. The van der Waals surface area contributed by atoms with Gasteiger partial charge in [-0.1, -0.05) is 42.5 Å². The molecule has 2 heterocycles. The van der Waals surface area contributed by atoms with Crippen LogP contribution in [0.2, 0.25) is 0 Å². The number of hydrogen-bond donors (Lipinski definition) is 0. The van der Waals surface area contributed by atoms with E-state index in [2.05, 4.69) is 15.1 Å². The molecule has 0 spiro atoms. The molecule has 1 aliphatic heterocycles. The molecule has 0 aliphatic carbocycles. The van der Waals surface area contributed by atoms with Gasteiger partial charge in [0.2, 0.25) is 10.0 Å². The standard InChI is InChI=1S/C21H22N4O2S/c1-17-7-12-21(23-22-17)24-13-15-25(16-14-24)28(26,27)20-10-8-19(9-11-20)18-5-3-2-4-6-18/h2-12H,13-16H2,1H3. The van der Waals surface area contributed by atoms with Crippen LogP contribution in [0.15, 0.2) is 71.6 Å². The van der Waals surface area contributed by atoms with Gasteiger partial charge in [0.25, 0.3) is 0 Å². The molecule has 28 heavy (non-hydrogen) atoms. The monoisotopic (exact) mass is 394 g/mol. The SMILES string of the molecule is Cc1ccc(N2CCN(S(=O)(=O)c3ccc(-c4ccccc4)cc3)CC2)nn1. The molecule has 0 amide bonds. The van der Waals surface area contributed by atoms with Crippen molar-refractivity contribution in [2.24, 2.45) is 0 Å². The molecular formula is C21H22N4O2S. The summed E-state index contributed by atoms with van der Waals surface area (Å²) < 4.78 is 27.5. The third kappa shape index (κ3) is 3.76. The highest BCUT2D eigenvalue weighted by atomic mass is 32.2. The van der Waals surface area contributed by atoms with Gasteiger partial charge in [0.05, 0.1) is 10.6 Å². The van der Waals surface area contributed by atoms with Gasteiger partial charge in [-0.05, 0) is 42.3 Å². The van der Waals surface area contributed by atoms with E-state index in [1.807, 2.05) is 61.5 Å². The largest absolute Gasteiger partial charge is 0.352 e. The Morgan fingerprint density at radius 3 is 2.00 bits per heavy atom. The number of sulfonamides is 1. The summed E-state index contributed by atoms with van der Waals surface area (Å²) in [6.07, 6.45) is 0. The van der Waals surface area contributed by atoms with Crippen LogP contribution in [0.3, 0.4) is 0 Å². The minimum Gasteiger partial charge on any atom is -0.352 e. The fourth-order valence-electron chi connectivity index (χ4n) is 3.32. The Labute approximate surface area is 165 Å². The molecule has 0 unspecified atom stereocenters. The second-order valence-corrected chi connectivity index (χ2v) is 8.75. The van der Waals surface area contributed by atoms with Crippen molar-refractivity contribution in [3.05, 3.63) is 72.4 Å². The number of hydrogen-bond acceptors (Lipinski definition) is 5. The van der Waals surface area contributed by atoms with Crippen LogP contribution in [-0.2, 0) is 10.0 Å². The van der Waals surface area contributed by atoms with Gasteiger partial charge < -0.3 is 4.90 Å². The predicted octanol–water partition coefficient (Wildman–Crippen LogP) is 2.96. The maximum Gasteiger partial charge on any atom is 0.243 e. The molecule has 6 nitrogen and oxygen atoms in total. The van der Waals surface area contributed by atoms with Crippen molar-refractivity contribution >= 4 is 15.8 Å². The number of piperazine rings is 1. The van der Waals surface area contributed by atoms with Gasteiger partial charge in [-0.3, -0.25) is 0 Å². The zero-order chi connectivity index (χ0) is 19.6. The van der Waals surface area contributed by atoms with Crippen LogP contribution in [0.5, 0.6) is 0 Å². The lowest BCUT2D eigenvalue weighted by molar-refractivity contribution is 0.383. The van der Waals surface area contributed by atoms with Gasteiger partial charge >= 0.3 is 0 Å². The molecule has 0 radical (unpaired) electrons. The fraction of sp³-hybridized carbons (Fsp3) is 0.238. The van der Waals surface area contributed by atoms with Gasteiger partial charge in [-0.15, -0.1) is 5.10 Å². The number of nitrogens with zero attached hydrogens (tertiary/aromatic N) is 4. The second kappa shape index (κ2) is 7.69. The van der Waals surface area contributed by atoms with Crippen molar-refractivity contribution in [3.8, 4) is 11.1 Å². The number of rotatable bonds is 4. The van der Waals surface area contributed by atoms with Gasteiger partial charge in [-0.2, -0.15) is 9.40 Å². The van der Waals surface area contributed by atoms with Crippen LogP contribution >= 0.6 is 0 Å². The number of anilines is 1. The lowest BCUT2D eigenvalue weighted by atomic mass is 10.1. The summed E-state index contributed by atoms with van der Waals surface area (Å²) in [6.45, 7) is 3.94. The first-order valence-corrected chi connectivity index (χ1v) is 10.7. The summed E-state index contributed by atoms with van der Waals surface area (Å²) in [7, 11) is -3.50. The van der Waals surface area contributed by atoms with Crippen molar-refractivity contribution in [1.29, 1.82) is 0 Å². The fourth-order valence-corrected chi connectivity index (χ4v) is 4.74. The van der Waals surface area contributed by atoms with E-state index < -0.39 is 10.0 Å². The predicted molar refractivity (Wildman–Crippen MR) is 110 cm³/mol. The topological polar surface area (TPSA) is 66.4 Å². The van der Waals surface area contributed by atoms with E-state index in [0.717, 1.165) is 22.6 Å². The molecule has 4 rings (SSSR count). The highest BCUT2D eigenvalue weighted by molar-refractivity contribution is 7.89. The molecule has 2 aromatic carbocycles. The molecule has 0 saturated carbocycles. The third-order valence-corrected chi connectivity index (χ3v) is 6.86. The van der Waals surface area contributed by atoms with Crippen LogP contribution in [0.25, 0.3) is 11.1 Å². The maximum absolute atomic E-state index is 13.0. The Balaban J connectivity index is 1.46. The minimum absolute atomic E-state index is 0.329. The van der Waals surface area contributed by atoms with E-state index in [1.165, 1.54) is 0 Å². The number of benzene rings is 2. The zero-order valence-electron chi connectivity index (χ0n) is 15.7. The van der Waals surface area contributed by atoms with E-state index in [-0.39, 0.29) is 0 Å². The quantitative estimate of drug-likeness (QED) is 0.681. The Morgan fingerprint density at radius 1 is 0.750 bits per heavy atom. The molecule has 7 heteroatoms. The smallest absolute Gasteiger partial charge is 0.243 e. The zero-order valence-corrected chi connectivity index (χ0v) is 16.5. The van der Waals surface area contributed by atoms with E-state index in [4.69, 9.17) is 0 Å². The average Bonchev–Trinajstić information content (AvgIpc) is 2.75. The van der Waals surface area contributed by atoms with Crippen LogP contribution in [0.4, 0.5) is 5.82 Å². The first kappa shape index (κ1) is 18.6. The summed E-state index contributed by atoms with van der Waals surface area (Å²) >= 11 is 0. The summed E-state index contributed by atoms with van der Waals surface area (Å²) in [4.78, 5) is 2.40. The lowest BCUT2D eigenvalue weighted by Gasteiger charge is -2.34. The summed E-state index contributed by atoms with van der Waals surface area (Å²) in [5.41, 5.74) is 2.94. The molecule has 1 saturated heterocycles. The van der Waals surface area contributed by atoms with E-state index in [9.17, 15) is 8.42 Å². The molecule has 1 aliphatic rings. The van der Waals surface area contributed by atoms with E-state index in [1.54, 1.807) is 16.4 Å². The number of aromatic nitrogens is 2. The molecular weight excluding hydrogens is 372 g/mol. The van der Waals surface area contributed by atoms with Crippen LogP contribution < -0.4 is 4.90 Å². The van der Waals surface area contributed by atoms with Gasteiger partial charge in [-0.25, -0.2) is 8.42 Å². The van der Waals surface area contributed by atoms with E-state index >= 15 is 0 Å². The van der Waals surface area contributed by atoms with Crippen molar-refractivity contribution < 1.29 is 8.42 Å². The maximum atomic E-state index is 13.0. The molecule has 144 valence electrons. The Bertz CT molecular complexity index is 1030. The van der Waals surface area contributed by atoms with Crippen LogP contribution in [0.1, 0.15) is 5.69 Å². The van der Waals surface area contributed by atoms with Crippen LogP contribution in [-0.4, -0.2) is 49.1 Å². The van der Waals surface area contributed by atoms with Crippen molar-refractivity contribution in [3.63, 3.8) is 0 Å². The molecule has 0 N–H and O–H groups in total. The minimum atomic E-state index is -3.50. The van der Waals surface area contributed by atoms with Crippen molar-refractivity contribution in [2.75, 3.05) is 31.1 Å². The van der Waals surface area contributed by atoms with Crippen molar-refractivity contribution in [2.45, 2.75) is 11.8 Å². The average molecular weight is 395 g/mol. The van der Waals surface area contributed by atoms with Crippen molar-refractivity contribution in [1.82, 2.24) is 14.5 Å². The highest BCUT2D eigenvalue weighted by Gasteiger charge is 2.29. The van der Waals surface area contributed by atoms with Gasteiger partial charge in [0, 0.05) is 26.2 Å². The third-order valence-electron chi connectivity index (χ3n) is 4.95. The summed E-state index contributed by atoms with van der Waals surface area (Å²) in [6, 6.07) is 20.9. The Morgan fingerprint density at radius 2 is 1.39 bits per heavy atom. The summed E-state index contributed by atoms with van der Waals surface area (Å²) in [5.74, 6) is 0.787. The normalized spacial score (nSPS) is 15.5. The van der Waals surface area contributed by atoms with Gasteiger partial charge in [0.15, 0.2) is 5.82 Å². The molecule has 0 bridgehead atoms. The van der Waals surface area contributed by atoms with Crippen LogP contribution in [0, 0.1) is 6.92 Å². The Kier molecular flexibility index (Phi) is 5.11. The Hall–Kier alpha value is -2.77. The first-order chi connectivity index (χ1) is 13.5. The lowest BCUT2D eigenvalue weighted by Crippen LogP contribution is -2.49. The number of aryl methyl sites for hydroxylation is 1.